The van der Waals surface area contributed by atoms with Crippen LogP contribution in [0.15, 0.2) is 29.6 Å². The van der Waals surface area contributed by atoms with Gasteiger partial charge in [-0.1, -0.05) is 45.0 Å². The van der Waals surface area contributed by atoms with Gasteiger partial charge in [-0.25, -0.2) is 19.4 Å². The summed E-state index contributed by atoms with van der Waals surface area (Å²) >= 11 is 1.23. The third-order valence-electron chi connectivity index (χ3n) is 6.35. The third kappa shape index (κ3) is 11.3. The van der Waals surface area contributed by atoms with E-state index in [2.05, 4.69) is 36.4 Å². The van der Waals surface area contributed by atoms with Crippen molar-refractivity contribution in [2.24, 2.45) is 5.73 Å². The van der Waals surface area contributed by atoms with E-state index in [4.69, 9.17) is 19.6 Å². The molecule has 1 aromatic heterocycles. The van der Waals surface area contributed by atoms with Gasteiger partial charge >= 0.3 is 18.0 Å². The smallest absolute Gasteiger partial charge is 0.407 e. The van der Waals surface area contributed by atoms with Gasteiger partial charge in [0.25, 0.3) is 0 Å². The zero-order valence-electron chi connectivity index (χ0n) is 25.1. The summed E-state index contributed by atoms with van der Waals surface area (Å²) in [6.45, 7) is 16.1. The Kier molecular flexibility index (Phi) is 11.8. The lowest BCUT2D eigenvalue weighted by Gasteiger charge is -2.36. The van der Waals surface area contributed by atoms with Gasteiger partial charge in [0.2, 0.25) is 5.91 Å². The van der Waals surface area contributed by atoms with Gasteiger partial charge in [0, 0.05) is 30.5 Å². The number of aromatic nitrogens is 1. The van der Waals surface area contributed by atoms with Crippen LogP contribution in [0.5, 0.6) is 0 Å². The second-order valence-electron chi connectivity index (χ2n) is 12.1. The third-order valence-corrected chi connectivity index (χ3v) is 11.7. The number of nitrogens with one attached hydrogen (secondary N) is 2. The lowest BCUT2D eigenvalue weighted by molar-refractivity contribution is -0.140. The topological polar surface area (TPSA) is 159 Å². The van der Waals surface area contributed by atoms with Crippen LogP contribution in [0, 0.1) is 0 Å². The molecule has 1 heterocycles. The summed E-state index contributed by atoms with van der Waals surface area (Å²) in [6.07, 6.45) is -0.451. The maximum atomic E-state index is 12.5. The van der Waals surface area contributed by atoms with Gasteiger partial charge in [-0.05, 0) is 44.5 Å². The van der Waals surface area contributed by atoms with Crippen LogP contribution in [0.25, 0.3) is 10.6 Å². The van der Waals surface area contributed by atoms with Crippen molar-refractivity contribution < 1.29 is 33.1 Å². The van der Waals surface area contributed by atoms with Crippen molar-refractivity contribution in [3.05, 3.63) is 40.9 Å². The molecule has 2 rings (SSSR count). The normalized spacial score (nSPS) is 12.8. The number of carbonyl (C=O) groups excluding carboxylic acids is 4. The number of nitrogens with two attached hydrogens (primary N) is 1. The van der Waals surface area contributed by atoms with Crippen molar-refractivity contribution in [3.63, 3.8) is 0 Å². The molecule has 2 aromatic rings. The number of hydrogen-bond donors (Lipinski definition) is 3. The molecule has 0 spiro atoms. The summed E-state index contributed by atoms with van der Waals surface area (Å²) in [5.74, 6) is -1.95. The van der Waals surface area contributed by atoms with Crippen LogP contribution in [0.1, 0.15) is 64.0 Å². The van der Waals surface area contributed by atoms with Gasteiger partial charge in [0.1, 0.15) is 16.7 Å². The van der Waals surface area contributed by atoms with Crippen LogP contribution < -0.4 is 16.4 Å². The highest BCUT2D eigenvalue weighted by molar-refractivity contribution is 7.13. The Labute approximate surface area is 246 Å². The number of hydrogen-bond acceptors (Lipinski definition) is 10. The van der Waals surface area contributed by atoms with E-state index in [1.807, 2.05) is 37.4 Å². The fourth-order valence-corrected chi connectivity index (χ4v) is 4.77. The molecule has 0 saturated carbocycles. The molecule has 1 aromatic carbocycles. The summed E-state index contributed by atoms with van der Waals surface area (Å²) in [5.41, 5.74) is 6.93. The average Bonchev–Trinajstić information content (AvgIpc) is 3.35. The molecular weight excluding hydrogens is 564 g/mol. The van der Waals surface area contributed by atoms with E-state index < -0.39 is 38.0 Å². The highest BCUT2D eigenvalue weighted by Gasteiger charge is 2.38. The molecule has 1 atom stereocenters. The number of nitrogens with zero attached hydrogens (tertiary/aromatic N) is 1. The number of benzene rings is 1. The van der Waals surface area contributed by atoms with E-state index in [1.165, 1.54) is 16.7 Å². The lowest BCUT2D eigenvalue weighted by Crippen LogP contribution is -2.46. The van der Waals surface area contributed by atoms with E-state index in [1.54, 1.807) is 20.8 Å². The first-order valence-corrected chi connectivity index (χ1v) is 17.1. The van der Waals surface area contributed by atoms with Gasteiger partial charge in [-0.2, -0.15) is 0 Å². The molecule has 0 aliphatic rings. The first kappa shape index (κ1) is 34.1. The van der Waals surface area contributed by atoms with Crippen LogP contribution in [-0.4, -0.2) is 62.0 Å². The Morgan fingerprint density at radius 2 is 1.66 bits per heavy atom. The molecule has 0 unspecified atom stereocenters. The highest BCUT2D eigenvalue weighted by Crippen LogP contribution is 2.36. The van der Waals surface area contributed by atoms with Gasteiger partial charge in [0.15, 0.2) is 14.0 Å². The van der Waals surface area contributed by atoms with Crippen LogP contribution >= 0.6 is 11.3 Å². The Hall–Kier alpha value is -3.13. The summed E-state index contributed by atoms with van der Waals surface area (Å²) in [5, 5.41) is 7.38. The summed E-state index contributed by atoms with van der Waals surface area (Å²) in [4.78, 5) is 52.9. The van der Waals surface area contributed by atoms with Crippen molar-refractivity contribution in [1.82, 2.24) is 15.6 Å². The SMILES string of the molecule is CC(C)(C)OC(=O)NCCC(=O)NCc1ccc(-c2nc(C(=O)OC(=O)[C@@H](N)CO[Si](C)(C)C(C)(C)C)cs2)cc1. The zero-order chi connectivity index (χ0) is 31.0. The first-order chi connectivity index (χ1) is 18.9. The predicted molar refractivity (Wildman–Crippen MR) is 160 cm³/mol. The quantitative estimate of drug-likeness (QED) is 0.192. The maximum Gasteiger partial charge on any atom is 0.407 e. The minimum Gasteiger partial charge on any atom is -0.444 e. The molecule has 0 saturated heterocycles. The molecule has 226 valence electrons. The summed E-state index contributed by atoms with van der Waals surface area (Å²) in [6, 6.07) is 6.22. The Bertz CT molecular complexity index is 1220. The second kappa shape index (κ2) is 14.2. The molecular formula is C28H42N4O7SSi. The van der Waals surface area contributed by atoms with Gasteiger partial charge < -0.3 is 30.3 Å². The van der Waals surface area contributed by atoms with Crippen molar-refractivity contribution in [2.75, 3.05) is 13.2 Å². The fraction of sp³-hybridized carbons (Fsp3) is 0.536. The first-order valence-electron chi connectivity index (χ1n) is 13.3. The van der Waals surface area contributed by atoms with Crippen LogP contribution in [-0.2, 0) is 30.0 Å². The van der Waals surface area contributed by atoms with Crippen LogP contribution in [0.3, 0.4) is 0 Å². The number of amides is 2. The van der Waals surface area contributed by atoms with E-state index in [0.717, 1.165) is 11.1 Å². The van der Waals surface area contributed by atoms with E-state index >= 15 is 0 Å². The monoisotopic (exact) mass is 606 g/mol. The van der Waals surface area contributed by atoms with Crippen LogP contribution in [0.2, 0.25) is 18.1 Å². The molecule has 0 aliphatic heterocycles. The van der Waals surface area contributed by atoms with Gasteiger partial charge in [-0.15, -0.1) is 11.3 Å². The molecule has 0 radical (unpaired) electrons. The number of rotatable bonds is 11. The van der Waals surface area contributed by atoms with Crippen molar-refractivity contribution in [2.45, 2.75) is 84.3 Å². The molecule has 11 nitrogen and oxygen atoms in total. The zero-order valence-corrected chi connectivity index (χ0v) is 26.9. The number of thiazole rings is 1. The minimum absolute atomic E-state index is 0.00666. The molecule has 13 heteroatoms. The maximum absolute atomic E-state index is 12.5. The highest BCUT2D eigenvalue weighted by atomic mass is 32.1. The number of esters is 2. The van der Waals surface area contributed by atoms with E-state index in [0.29, 0.717) is 11.6 Å². The summed E-state index contributed by atoms with van der Waals surface area (Å²) in [7, 11) is -2.10. The number of carbonyl (C=O) groups is 4. The van der Waals surface area contributed by atoms with Crippen molar-refractivity contribution >= 4 is 43.6 Å². The molecule has 0 aliphatic carbocycles. The molecule has 2 amide bonds. The van der Waals surface area contributed by atoms with Crippen LogP contribution in [0.4, 0.5) is 4.79 Å². The Morgan fingerprint density at radius 3 is 2.24 bits per heavy atom. The molecule has 41 heavy (non-hydrogen) atoms. The molecule has 4 N–H and O–H groups in total. The summed E-state index contributed by atoms with van der Waals surface area (Å²) < 4.78 is 16.0. The molecule has 0 fully saturated rings. The van der Waals surface area contributed by atoms with E-state index in [-0.39, 0.29) is 36.2 Å². The standard InChI is InChI=1S/C28H42N4O7SSi/c1-27(2,3)39-26(36)30-14-13-22(33)31-15-18-9-11-19(12-10-18)23-32-21(17-40-23)25(35)38-24(34)20(29)16-37-41(7,8)28(4,5)6/h9-12,17,20H,13-16,29H2,1-8H3,(H,30,36)(H,31,33)/t20-/m0/s1. The second-order valence-corrected chi connectivity index (χ2v) is 17.7. The Balaban J connectivity index is 1.82. The van der Waals surface area contributed by atoms with Crippen molar-refractivity contribution in [3.8, 4) is 10.6 Å². The predicted octanol–water partition coefficient (Wildman–Crippen LogP) is 4.37. The number of ether oxygens (including phenoxy) is 2. The lowest BCUT2D eigenvalue weighted by atomic mass is 10.1. The molecule has 0 bridgehead atoms. The fourth-order valence-electron chi connectivity index (χ4n) is 2.95. The average molecular weight is 607 g/mol. The van der Waals surface area contributed by atoms with E-state index in [9.17, 15) is 19.2 Å². The Morgan fingerprint density at radius 1 is 1.02 bits per heavy atom. The minimum atomic E-state index is -2.10. The van der Waals surface area contributed by atoms with Gasteiger partial charge in [-0.3, -0.25) is 4.79 Å². The largest absolute Gasteiger partial charge is 0.444 e. The van der Waals surface area contributed by atoms with Gasteiger partial charge in [0.05, 0.1) is 6.61 Å². The van der Waals surface area contributed by atoms with Crippen molar-refractivity contribution in [1.29, 1.82) is 0 Å². The number of alkyl carbamates (subject to hydrolysis) is 1.